The van der Waals surface area contributed by atoms with Crippen molar-refractivity contribution in [3.05, 3.63) is 70.3 Å². The summed E-state index contributed by atoms with van der Waals surface area (Å²) >= 11 is 0. The summed E-state index contributed by atoms with van der Waals surface area (Å²) in [5.74, 6) is 5.76. The summed E-state index contributed by atoms with van der Waals surface area (Å²) in [5.41, 5.74) is 2.52. The Kier molecular flexibility index (Phi) is 5.00. The molecule has 24 heavy (non-hydrogen) atoms. The van der Waals surface area contributed by atoms with E-state index >= 15 is 0 Å². The standard InChI is InChI=1S/C22H22F2.H2/c1-15-3-8-18(9-4-15)19-10-5-17(6-11-19)7-12-20-21(23)13-16(2)14-22(20)24;/h5-6,10-11,13-15,18H,3-4,8-9H2,1-2H3;1H. The molecule has 0 heterocycles. The molecule has 1 saturated carbocycles. The lowest BCUT2D eigenvalue weighted by molar-refractivity contribution is 0.348. The maximum Gasteiger partial charge on any atom is 0.142 e. The second kappa shape index (κ2) is 7.18. The van der Waals surface area contributed by atoms with Gasteiger partial charge >= 0.3 is 0 Å². The molecule has 3 rings (SSSR count). The fourth-order valence-corrected chi connectivity index (χ4v) is 3.39. The molecule has 0 atom stereocenters. The van der Waals surface area contributed by atoms with Crippen LogP contribution in [0.1, 0.15) is 62.2 Å². The Morgan fingerprint density at radius 2 is 1.50 bits per heavy atom. The molecule has 0 unspecified atom stereocenters. The first-order valence-electron chi connectivity index (χ1n) is 8.60. The summed E-state index contributed by atoms with van der Waals surface area (Å²) in [7, 11) is 0. The molecule has 0 aromatic heterocycles. The van der Waals surface area contributed by atoms with E-state index in [0.29, 0.717) is 11.5 Å². The summed E-state index contributed by atoms with van der Waals surface area (Å²) in [4.78, 5) is 0. The Labute approximate surface area is 144 Å². The van der Waals surface area contributed by atoms with Crippen molar-refractivity contribution in [3.8, 4) is 11.8 Å². The van der Waals surface area contributed by atoms with Crippen LogP contribution in [-0.4, -0.2) is 0 Å². The molecule has 0 nitrogen and oxygen atoms in total. The van der Waals surface area contributed by atoms with Crippen LogP contribution in [0.25, 0.3) is 0 Å². The van der Waals surface area contributed by atoms with E-state index in [0.717, 1.165) is 11.5 Å². The van der Waals surface area contributed by atoms with Crippen molar-refractivity contribution in [2.75, 3.05) is 0 Å². The molecule has 1 aliphatic carbocycles. The molecule has 126 valence electrons. The zero-order chi connectivity index (χ0) is 17.1. The van der Waals surface area contributed by atoms with Gasteiger partial charge in [0, 0.05) is 6.99 Å². The topological polar surface area (TPSA) is 0 Å². The van der Waals surface area contributed by atoms with Crippen LogP contribution >= 0.6 is 0 Å². The predicted octanol–water partition coefficient (Wildman–Crippen LogP) is 6.21. The first-order valence-corrected chi connectivity index (χ1v) is 8.60. The van der Waals surface area contributed by atoms with Gasteiger partial charge in [0.15, 0.2) is 0 Å². The molecule has 1 fully saturated rings. The highest BCUT2D eigenvalue weighted by Crippen LogP contribution is 2.35. The van der Waals surface area contributed by atoms with Crippen molar-refractivity contribution in [1.29, 1.82) is 0 Å². The van der Waals surface area contributed by atoms with Gasteiger partial charge in [0.2, 0.25) is 0 Å². The molecule has 0 N–H and O–H groups in total. The second-order valence-corrected chi connectivity index (χ2v) is 6.93. The summed E-state index contributed by atoms with van der Waals surface area (Å²) in [6, 6.07) is 10.7. The Balaban J connectivity index is 0.00000225. The van der Waals surface area contributed by atoms with Gasteiger partial charge in [-0.25, -0.2) is 8.78 Å². The zero-order valence-electron chi connectivity index (χ0n) is 14.2. The second-order valence-electron chi connectivity index (χ2n) is 6.93. The summed E-state index contributed by atoms with van der Waals surface area (Å²) in [6.07, 6.45) is 5.06. The molecule has 0 radical (unpaired) electrons. The smallest absolute Gasteiger partial charge is 0.142 e. The molecule has 0 spiro atoms. The van der Waals surface area contributed by atoms with Crippen molar-refractivity contribution >= 4 is 0 Å². The number of aryl methyl sites for hydroxylation is 1. The zero-order valence-corrected chi connectivity index (χ0v) is 14.2. The largest absolute Gasteiger partial charge is 0.206 e. The SMILES string of the molecule is Cc1cc(F)c(C#Cc2ccc(C3CCC(C)CC3)cc2)c(F)c1.[HH]. The Bertz CT molecular complexity index is 753. The molecule has 0 bridgehead atoms. The minimum atomic E-state index is -0.604. The number of hydrogen-bond acceptors (Lipinski definition) is 0. The quantitative estimate of drug-likeness (QED) is 0.546. The lowest BCUT2D eigenvalue weighted by Gasteiger charge is -2.26. The van der Waals surface area contributed by atoms with E-state index in [1.807, 2.05) is 12.1 Å². The third-order valence-electron chi connectivity index (χ3n) is 4.92. The molecule has 2 aromatic carbocycles. The third-order valence-corrected chi connectivity index (χ3v) is 4.92. The van der Waals surface area contributed by atoms with E-state index < -0.39 is 11.6 Å². The van der Waals surface area contributed by atoms with Crippen LogP contribution in [0.2, 0.25) is 0 Å². The van der Waals surface area contributed by atoms with E-state index in [9.17, 15) is 8.78 Å². The van der Waals surface area contributed by atoms with Gasteiger partial charge in [0.1, 0.15) is 11.6 Å². The monoisotopic (exact) mass is 326 g/mol. The first-order chi connectivity index (χ1) is 11.5. The molecule has 2 aromatic rings. The van der Waals surface area contributed by atoms with E-state index in [-0.39, 0.29) is 6.99 Å². The van der Waals surface area contributed by atoms with Crippen LogP contribution in [-0.2, 0) is 0 Å². The van der Waals surface area contributed by atoms with Gasteiger partial charge in [-0.3, -0.25) is 0 Å². The Morgan fingerprint density at radius 1 is 0.917 bits per heavy atom. The van der Waals surface area contributed by atoms with Crippen LogP contribution in [0.4, 0.5) is 8.78 Å². The maximum atomic E-state index is 13.8. The summed E-state index contributed by atoms with van der Waals surface area (Å²) in [6.45, 7) is 3.98. The normalized spacial score (nSPS) is 20.3. The van der Waals surface area contributed by atoms with Gasteiger partial charge in [-0.1, -0.05) is 43.7 Å². The van der Waals surface area contributed by atoms with Gasteiger partial charge in [-0.2, -0.15) is 0 Å². The molecule has 2 heteroatoms. The molecule has 1 aliphatic rings. The Morgan fingerprint density at radius 3 is 2.08 bits per heavy atom. The van der Waals surface area contributed by atoms with Crippen LogP contribution in [0.15, 0.2) is 36.4 Å². The summed E-state index contributed by atoms with van der Waals surface area (Å²) < 4.78 is 27.6. The van der Waals surface area contributed by atoms with Crippen molar-refractivity contribution in [3.63, 3.8) is 0 Å². The number of rotatable bonds is 1. The van der Waals surface area contributed by atoms with E-state index in [1.165, 1.54) is 43.4 Å². The van der Waals surface area contributed by atoms with Crippen molar-refractivity contribution in [2.45, 2.75) is 45.4 Å². The fourth-order valence-electron chi connectivity index (χ4n) is 3.39. The fraction of sp³-hybridized carbons (Fsp3) is 0.364. The Hall–Kier alpha value is -2.14. The molecule has 0 amide bonds. The summed E-state index contributed by atoms with van der Waals surface area (Å²) in [5, 5.41) is 0. The van der Waals surface area contributed by atoms with Crippen molar-refractivity contribution in [1.82, 2.24) is 0 Å². The number of benzene rings is 2. The highest BCUT2D eigenvalue weighted by atomic mass is 19.1. The highest BCUT2D eigenvalue weighted by molar-refractivity contribution is 5.45. The average molecular weight is 326 g/mol. The van der Waals surface area contributed by atoms with E-state index in [2.05, 4.69) is 30.9 Å². The van der Waals surface area contributed by atoms with Gasteiger partial charge in [0.05, 0.1) is 5.56 Å². The van der Waals surface area contributed by atoms with Crippen LogP contribution in [0, 0.1) is 36.3 Å². The van der Waals surface area contributed by atoms with E-state index in [4.69, 9.17) is 0 Å². The van der Waals surface area contributed by atoms with Gasteiger partial charge in [-0.05, 0) is 67.0 Å². The number of hydrogen-bond donors (Lipinski definition) is 0. The predicted molar refractivity (Wildman–Crippen MR) is 96.0 cm³/mol. The maximum absolute atomic E-state index is 13.8. The molecular weight excluding hydrogens is 302 g/mol. The molecule has 0 saturated heterocycles. The van der Waals surface area contributed by atoms with Crippen LogP contribution < -0.4 is 0 Å². The van der Waals surface area contributed by atoms with Crippen LogP contribution in [0.3, 0.4) is 0 Å². The van der Waals surface area contributed by atoms with Crippen molar-refractivity contribution in [2.24, 2.45) is 5.92 Å². The lowest BCUT2D eigenvalue weighted by atomic mass is 9.79. The van der Waals surface area contributed by atoms with Crippen molar-refractivity contribution < 1.29 is 10.2 Å². The van der Waals surface area contributed by atoms with Crippen LogP contribution in [0.5, 0.6) is 0 Å². The lowest BCUT2D eigenvalue weighted by Crippen LogP contribution is -2.10. The average Bonchev–Trinajstić information content (AvgIpc) is 2.55. The van der Waals surface area contributed by atoms with Gasteiger partial charge in [-0.15, -0.1) is 0 Å². The molecular formula is C22H24F2. The van der Waals surface area contributed by atoms with Gasteiger partial charge < -0.3 is 0 Å². The number of halogens is 2. The molecule has 0 aliphatic heterocycles. The highest BCUT2D eigenvalue weighted by Gasteiger charge is 2.19. The minimum absolute atomic E-state index is 0. The van der Waals surface area contributed by atoms with E-state index in [1.54, 1.807) is 6.92 Å². The van der Waals surface area contributed by atoms with Gasteiger partial charge in [0.25, 0.3) is 0 Å². The third kappa shape index (κ3) is 3.85. The first kappa shape index (κ1) is 16.7. The minimum Gasteiger partial charge on any atom is -0.206 e.